The highest BCUT2D eigenvalue weighted by molar-refractivity contribution is 5.93. The maximum absolute atomic E-state index is 12.9. The second kappa shape index (κ2) is 8.09. The number of rotatable bonds is 3. The van der Waals surface area contributed by atoms with Crippen molar-refractivity contribution in [1.82, 2.24) is 15.1 Å². The Hall–Kier alpha value is -3.30. The van der Waals surface area contributed by atoms with E-state index in [9.17, 15) is 22.8 Å². The van der Waals surface area contributed by atoms with Gasteiger partial charge in [-0.15, -0.1) is 0 Å². The summed E-state index contributed by atoms with van der Waals surface area (Å²) in [4.78, 5) is 26.0. The van der Waals surface area contributed by atoms with Crippen molar-refractivity contribution in [2.75, 3.05) is 11.4 Å². The second-order valence-electron chi connectivity index (χ2n) is 8.14. The third-order valence-corrected chi connectivity index (χ3v) is 4.53. The summed E-state index contributed by atoms with van der Waals surface area (Å²) in [5.41, 5.74) is -0.591. The van der Waals surface area contributed by atoms with Gasteiger partial charge in [0.15, 0.2) is 0 Å². The monoisotopic (exact) mass is 436 g/mol. The summed E-state index contributed by atoms with van der Waals surface area (Å²) in [5, 5.41) is 7.02. The number of nitrogens with one attached hydrogen (secondary N) is 1. The topological polar surface area (TPSA) is 76.5 Å². The fourth-order valence-electron chi connectivity index (χ4n) is 3.24. The molecule has 3 rings (SSSR count). The predicted molar refractivity (Wildman–Crippen MR) is 108 cm³/mol. The minimum atomic E-state index is -4.45. The molecule has 0 saturated heterocycles. The molecule has 1 atom stereocenters. The summed E-state index contributed by atoms with van der Waals surface area (Å²) in [7, 11) is 0. The summed E-state index contributed by atoms with van der Waals surface area (Å²) < 4.78 is 45.8. The molecule has 0 aliphatic carbocycles. The highest BCUT2D eigenvalue weighted by atomic mass is 19.4. The Morgan fingerprint density at radius 1 is 1.19 bits per heavy atom. The minimum absolute atomic E-state index is 0.105. The van der Waals surface area contributed by atoms with Gasteiger partial charge < -0.3 is 10.1 Å². The largest absolute Gasteiger partial charge is 0.443 e. The van der Waals surface area contributed by atoms with Gasteiger partial charge >= 0.3 is 12.3 Å². The number of alkyl halides is 3. The van der Waals surface area contributed by atoms with Crippen molar-refractivity contribution in [2.45, 2.75) is 45.1 Å². The van der Waals surface area contributed by atoms with Gasteiger partial charge in [-0.3, -0.25) is 9.69 Å². The highest BCUT2D eigenvalue weighted by Crippen LogP contribution is 2.36. The standard InChI is InChI=1S/C21H23F3N4O3/c1-5-17(29)26-15-11-27(19(30)31-20(2,3)4)18-16(10-25-28(18)12-15)13-6-8-14(9-7-13)21(22,23)24/h5-10,15H,1,11-12H2,2-4H3,(H,26,29). The predicted octanol–water partition coefficient (Wildman–Crippen LogP) is 3.99. The van der Waals surface area contributed by atoms with E-state index >= 15 is 0 Å². The van der Waals surface area contributed by atoms with Crippen LogP contribution in [-0.4, -0.2) is 40.0 Å². The molecule has 1 aromatic heterocycles. The Morgan fingerprint density at radius 2 is 1.84 bits per heavy atom. The maximum atomic E-state index is 12.9. The van der Waals surface area contributed by atoms with Crippen molar-refractivity contribution in [3.8, 4) is 11.1 Å². The molecular formula is C21H23F3N4O3. The van der Waals surface area contributed by atoms with Crippen LogP contribution < -0.4 is 10.2 Å². The molecule has 1 N–H and O–H groups in total. The van der Waals surface area contributed by atoms with Crippen LogP contribution in [0, 0.1) is 0 Å². The number of ether oxygens (including phenoxy) is 1. The zero-order chi connectivity index (χ0) is 23.0. The van der Waals surface area contributed by atoms with Crippen molar-refractivity contribution in [3.05, 3.63) is 48.7 Å². The molecule has 1 aliphatic heterocycles. The third kappa shape index (κ3) is 5.07. The van der Waals surface area contributed by atoms with Crippen LogP contribution in [0.4, 0.5) is 23.8 Å². The molecule has 2 aromatic rings. The van der Waals surface area contributed by atoms with Crippen LogP contribution >= 0.6 is 0 Å². The van der Waals surface area contributed by atoms with Crippen LogP contribution in [0.5, 0.6) is 0 Å². The number of carbonyl (C=O) groups excluding carboxylic acids is 2. The maximum Gasteiger partial charge on any atom is 0.416 e. The van der Waals surface area contributed by atoms with E-state index in [2.05, 4.69) is 17.0 Å². The fourth-order valence-corrected chi connectivity index (χ4v) is 3.24. The van der Waals surface area contributed by atoms with Crippen molar-refractivity contribution in [1.29, 1.82) is 0 Å². The van der Waals surface area contributed by atoms with Crippen LogP contribution in [0.3, 0.4) is 0 Å². The van der Waals surface area contributed by atoms with E-state index < -0.39 is 35.4 Å². The SMILES string of the molecule is C=CC(=O)NC1CN(C(=O)OC(C)(C)C)c2c(-c3ccc(C(F)(F)F)cc3)cnn2C1. The molecule has 2 amide bonds. The molecule has 0 fully saturated rings. The molecule has 0 saturated carbocycles. The van der Waals surface area contributed by atoms with Gasteiger partial charge in [0.05, 0.1) is 30.9 Å². The molecule has 1 unspecified atom stereocenters. The first-order valence-corrected chi connectivity index (χ1v) is 9.56. The quantitative estimate of drug-likeness (QED) is 0.738. The van der Waals surface area contributed by atoms with Crippen LogP contribution in [0.15, 0.2) is 43.1 Å². The number of anilines is 1. The molecule has 10 heteroatoms. The number of hydrogen-bond donors (Lipinski definition) is 1. The van der Waals surface area contributed by atoms with Crippen molar-refractivity contribution in [3.63, 3.8) is 0 Å². The minimum Gasteiger partial charge on any atom is -0.443 e. The van der Waals surface area contributed by atoms with E-state index in [-0.39, 0.29) is 13.1 Å². The van der Waals surface area contributed by atoms with Gasteiger partial charge in [0.25, 0.3) is 0 Å². The average molecular weight is 436 g/mol. The molecule has 0 bridgehead atoms. The van der Waals surface area contributed by atoms with Gasteiger partial charge in [-0.25, -0.2) is 9.48 Å². The van der Waals surface area contributed by atoms with Gasteiger partial charge in [0.1, 0.15) is 11.4 Å². The van der Waals surface area contributed by atoms with E-state index in [0.717, 1.165) is 18.2 Å². The molecule has 166 valence electrons. The Morgan fingerprint density at radius 3 is 2.39 bits per heavy atom. The third-order valence-electron chi connectivity index (χ3n) is 4.53. The number of hydrogen-bond acceptors (Lipinski definition) is 4. The fraction of sp³-hybridized carbons (Fsp3) is 0.381. The van der Waals surface area contributed by atoms with Crippen molar-refractivity contribution < 1.29 is 27.5 Å². The molecule has 31 heavy (non-hydrogen) atoms. The summed E-state index contributed by atoms with van der Waals surface area (Å²) >= 11 is 0. The zero-order valence-corrected chi connectivity index (χ0v) is 17.4. The number of halogens is 3. The van der Waals surface area contributed by atoms with Crippen LogP contribution in [0.1, 0.15) is 26.3 Å². The van der Waals surface area contributed by atoms with Gasteiger partial charge in [0.2, 0.25) is 5.91 Å². The van der Waals surface area contributed by atoms with E-state index in [4.69, 9.17) is 4.74 Å². The normalized spacial score (nSPS) is 16.5. The Bertz CT molecular complexity index is 991. The lowest BCUT2D eigenvalue weighted by Crippen LogP contribution is -2.53. The van der Waals surface area contributed by atoms with Gasteiger partial charge in [-0.1, -0.05) is 18.7 Å². The number of benzene rings is 1. The first-order valence-electron chi connectivity index (χ1n) is 9.56. The Balaban J connectivity index is 2.00. The van der Waals surface area contributed by atoms with Crippen LogP contribution in [-0.2, 0) is 22.3 Å². The van der Waals surface area contributed by atoms with Gasteiger partial charge in [0, 0.05) is 5.56 Å². The molecule has 1 aromatic carbocycles. The second-order valence-corrected chi connectivity index (χ2v) is 8.14. The smallest absolute Gasteiger partial charge is 0.416 e. The lowest BCUT2D eigenvalue weighted by molar-refractivity contribution is -0.137. The molecule has 0 spiro atoms. The average Bonchev–Trinajstić information content (AvgIpc) is 3.09. The Labute approximate surface area is 177 Å². The van der Waals surface area contributed by atoms with Crippen LogP contribution in [0.2, 0.25) is 0 Å². The lowest BCUT2D eigenvalue weighted by atomic mass is 10.0. The number of carbonyl (C=O) groups is 2. The van der Waals surface area contributed by atoms with Gasteiger partial charge in [-0.2, -0.15) is 18.3 Å². The summed E-state index contributed by atoms with van der Waals surface area (Å²) in [5.74, 6) is -0.00850. The van der Waals surface area contributed by atoms with Crippen molar-refractivity contribution in [2.24, 2.45) is 0 Å². The molecule has 7 nitrogen and oxygen atoms in total. The van der Waals surface area contributed by atoms with E-state index in [1.54, 1.807) is 20.8 Å². The molecular weight excluding hydrogens is 413 g/mol. The van der Waals surface area contributed by atoms with Gasteiger partial charge in [-0.05, 0) is 44.5 Å². The van der Waals surface area contributed by atoms with E-state index in [0.29, 0.717) is 16.9 Å². The first-order chi connectivity index (χ1) is 14.4. The Kier molecular flexibility index (Phi) is 5.84. The number of fused-ring (bicyclic) bond motifs is 1. The zero-order valence-electron chi connectivity index (χ0n) is 17.4. The van der Waals surface area contributed by atoms with E-state index in [1.165, 1.54) is 27.9 Å². The van der Waals surface area contributed by atoms with Crippen molar-refractivity contribution >= 4 is 17.8 Å². The van der Waals surface area contributed by atoms with Crippen LogP contribution in [0.25, 0.3) is 11.1 Å². The number of amides is 2. The summed E-state index contributed by atoms with van der Waals surface area (Å²) in [6.45, 7) is 8.97. The molecule has 1 aliphatic rings. The summed E-state index contributed by atoms with van der Waals surface area (Å²) in [6.07, 6.45) is -2.49. The lowest BCUT2D eigenvalue weighted by Gasteiger charge is -2.35. The summed E-state index contributed by atoms with van der Waals surface area (Å²) in [6, 6.07) is 4.17. The van der Waals surface area contributed by atoms with E-state index in [1.807, 2.05) is 0 Å². The number of nitrogens with zero attached hydrogens (tertiary/aromatic N) is 3. The molecule has 2 heterocycles. The number of aromatic nitrogens is 2. The molecule has 0 radical (unpaired) electrons. The first kappa shape index (κ1) is 22.4. The highest BCUT2D eigenvalue weighted by Gasteiger charge is 2.36.